The molecule has 1 aromatic heterocycles. The largest absolute Gasteiger partial charge is 0.483 e. The van der Waals surface area contributed by atoms with E-state index in [-0.39, 0.29) is 12.5 Å². The first-order valence-electron chi connectivity index (χ1n) is 7.91. The molecule has 1 heterocycles. The second-order valence-corrected chi connectivity index (χ2v) is 7.02. The van der Waals surface area contributed by atoms with Crippen LogP contribution >= 0.6 is 27.5 Å². The van der Waals surface area contributed by atoms with Crippen molar-refractivity contribution in [2.75, 3.05) is 6.61 Å². The molecule has 0 radical (unpaired) electrons. The van der Waals surface area contributed by atoms with Crippen molar-refractivity contribution >= 4 is 50.6 Å². The maximum atomic E-state index is 11.9. The highest BCUT2D eigenvalue weighted by molar-refractivity contribution is 9.10. The predicted molar refractivity (Wildman–Crippen MR) is 108 cm³/mol. The smallest absolute Gasteiger partial charge is 0.277 e. The van der Waals surface area contributed by atoms with E-state index in [1.807, 2.05) is 32.2 Å². The molecule has 2 aromatic carbocycles. The number of hydrogen-bond donors (Lipinski definition) is 1. The number of amides is 1. The van der Waals surface area contributed by atoms with Gasteiger partial charge in [-0.1, -0.05) is 29.8 Å². The van der Waals surface area contributed by atoms with Crippen LogP contribution in [0.25, 0.3) is 10.9 Å². The maximum Gasteiger partial charge on any atom is 0.277 e. The molecule has 0 fully saturated rings. The van der Waals surface area contributed by atoms with Crippen molar-refractivity contribution < 1.29 is 9.53 Å². The molecule has 3 aromatic rings. The molecule has 0 spiro atoms. The number of fused-ring (bicyclic) bond motifs is 1. The first-order valence-corrected chi connectivity index (χ1v) is 9.08. The van der Waals surface area contributed by atoms with Gasteiger partial charge in [0.05, 0.1) is 10.7 Å². The van der Waals surface area contributed by atoms with Crippen molar-refractivity contribution in [3.05, 3.63) is 63.2 Å². The maximum absolute atomic E-state index is 11.9. The van der Waals surface area contributed by atoms with Crippen LogP contribution in [0, 0.1) is 6.92 Å². The molecule has 5 nitrogen and oxygen atoms in total. The Kier molecular flexibility index (Phi) is 5.64. The third kappa shape index (κ3) is 3.92. The molecular formula is C19H17BrClN3O2. The molecule has 3 rings (SSSR count). The Labute approximate surface area is 164 Å². The molecule has 0 saturated heterocycles. The summed E-state index contributed by atoms with van der Waals surface area (Å²) in [4.78, 5) is 11.9. The van der Waals surface area contributed by atoms with Crippen molar-refractivity contribution in [2.45, 2.75) is 6.92 Å². The van der Waals surface area contributed by atoms with E-state index in [0.717, 1.165) is 22.2 Å². The van der Waals surface area contributed by atoms with Gasteiger partial charge in [-0.05, 0) is 47.1 Å². The van der Waals surface area contributed by atoms with Gasteiger partial charge in [0.15, 0.2) is 6.61 Å². The summed E-state index contributed by atoms with van der Waals surface area (Å²) >= 11 is 9.22. The van der Waals surface area contributed by atoms with E-state index in [1.54, 1.807) is 24.4 Å². The van der Waals surface area contributed by atoms with Gasteiger partial charge in [0.1, 0.15) is 5.75 Å². The Balaban J connectivity index is 1.64. The molecule has 1 amide bonds. The summed E-state index contributed by atoms with van der Waals surface area (Å²) in [6, 6.07) is 13.2. The van der Waals surface area contributed by atoms with Crippen LogP contribution in [0.4, 0.5) is 0 Å². The van der Waals surface area contributed by atoms with Gasteiger partial charge in [-0.2, -0.15) is 5.10 Å². The van der Waals surface area contributed by atoms with Crippen LogP contribution in [-0.4, -0.2) is 23.3 Å². The number of aryl methyl sites for hydroxylation is 1. The first kappa shape index (κ1) is 18.5. The minimum absolute atomic E-state index is 0.147. The Bertz CT molecular complexity index is 998. The number of carbonyl (C=O) groups excluding carboxylic acids is 1. The van der Waals surface area contributed by atoms with Crippen molar-refractivity contribution in [2.24, 2.45) is 12.1 Å². The molecule has 134 valence electrons. The Morgan fingerprint density at radius 3 is 2.88 bits per heavy atom. The zero-order valence-electron chi connectivity index (χ0n) is 14.3. The number of hydrazone groups is 1. The normalized spacial score (nSPS) is 11.2. The fraction of sp³-hybridized carbons (Fsp3) is 0.158. The SMILES string of the molecule is Cc1c(/C=N\NC(=O)COc2ccc(Cl)cc2Br)c2ccccc2n1C. The molecule has 0 unspecified atom stereocenters. The van der Waals surface area contributed by atoms with E-state index < -0.39 is 0 Å². The number of aromatic nitrogens is 1. The lowest BCUT2D eigenvalue weighted by Crippen LogP contribution is -2.24. The summed E-state index contributed by atoms with van der Waals surface area (Å²) in [5.41, 5.74) is 5.66. The molecule has 0 saturated carbocycles. The Morgan fingerprint density at radius 1 is 1.35 bits per heavy atom. The molecule has 0 aliphatic carbocycles. The molecule has 0 aliphatic heterocycles. The Morgan fingerprint density at radius 2 is 2.12 bits per heavy atom. The second kappa shape index (κ2) is 7.93. The Hall–Kier alpha value is -2.31. The molecule has 0 atom stereocenters. The molecule has 0 aliphatic rings. The third-order valence-corrected chi connectivity index (χ3v) is 4.94. The monoisotopic (exact) mass is 433 g/mol. The lowest BCUT2D eigenvalue weighted by Gasteiger charge is -2.07. The predicted octanol–water partition coefficient (Wildman–Crippen LogP) is 4.43. The minimum atomic E-state index is -0.346. The van der Waals surface area contributed by atoms with Crippen LogP contribution in [0.2, 0.25) is 5.02 Å². The fourth-order valence-corrected chi connectivity index (χ4v) is 3.45. The van der Waals surface area contributed by atoms with Crippen LogP contribution < -0.4 is 10.2 Å². The summed E-state index contributed by atoms with van der Waals surface area (Å²) in [6.45, 7) is 1.87. The molecular weight excluding hydrogens is 418 g/mol. The number of ether oxygens (including phenoxy) is 1. The van der Waals surface area contributed by atoms with Crippen LogP contribution in [0.1, 0.15) is 11.3 Å². The van der Waals surface area contributed by atoms with Gasteiger partial charge in [0.25, 0.3) is 5.91 Å². The van der Waals surface area contributed by atoms with Crippen molar-refractivity contribution in [1.82, 2.24) is 9.99 Å². The van der Waals surface area contributed by atoms with Crippen LogP contribution in [-0.2, 0) is 11.8 Å². The van der Waals surface area contributed by atoms with Gasteiger partial charge >= 0.3 is 0 Å². The quantitative estimate of drug-likeness (QED) is 0.477. The van der Waals surface area contributed by atoms with E-state index in [2.05, 4.69) is 37.1 Å². The number of nitrogens with one attached hydrogen (secondary N) is 1. The van der Waals surface area contributed by atoms with Gasteiger partial charge < -0.3 is 9.30 Å². The highest BCUT2D eigenvalue weighted by atomic mass is 79.9. The molecule has 0 bridgehead atoms. The van der Waals surface area contributed by atoms with E-state index in [0.29, 0.717) is 15.2 Å². The number of nitrogens with zero attached hydrogens (tertiary/aromatic N) is 2. The topological polar surface area (TPSA) is 55.6 Å². The highest BCUT2D eigenvalue weighted by Crippen LogP contribution is 2.27. The zero-order valence-corrected chi connectivity index (χ0v) is 16.6. The summed E-state index contributed by atoms with van der Waals surface area (Å²) < 4.78 is 8.24. The summed E-state index contributed by atoms with van der Waals surface area (Å²) in [5.74, 6) is 0.194. The van der Waals surface area contributed by atoms with E-state index in [1.165, 1.54) is 0 Å². The van der Waals surface area contributed by atoms with Gasteiger partial charge in [0.2, 0.25) is 0 Å². The minimum Gasteiger partial charge on any atom is -0.483 e. The van der Waals surface area contributed by atoms with Crippen LogP contribution in [0.3, 0.4) is 0 Å². The summed E-state index contributed by atoms with van der Waals surface area (Å²) in [5, 5.41) is 5.74. The number of halogens is 2. The average molecular weight is 435 g/mol. The second-order valence-electron chi connectivity index (χ2n) is 5.73. The highest BCUT2D eigenvalue weighted by Gasteiger charge is 2.10. The number of benzene rings is 2. The van der Waals surface area contributed by atoms with Gasteiger partial charge in [-0.15, -0.1) is 0 Å². The number of para-hydroxylation sites is 1. The number of hydrogen-bond acceptors (Lipinski definition) is 3. The molecule has 1 N–H and O–H groups in total. The van der Waals surface area contributed by atoms with E-state index >= 15 is 0 Å². The summed E-state index contributed by atoms with van der Waals surface area (Å²) in [6.07, 6.45) is 1.66. The number of carbonyl (C=O) groups is 1. The number of rotatable bonds is 5. The van der Waals surface area contributed by atoms with Gasteiger partial charge in [-0.3, -0.25) is 4.79 Å². The van der Waals surface area contributed by atoms with Crippen molar-refractivity contribution in [3.8, 4) is 5.75 Å². The van der Waals surface area contributed by atoms with E-state index in [9.17, 15) is 4.79 Å². The third-order valence-electron chi connectivity index (χ3n) is 4.08. The molecule has 26 heavy (non-hydrogen) atoms. The van der Waals surface area contributed by atoms with Crippen molar-refractivity contribution in [3.63, 3.8) is 0 Å². The lowest BCUT2D eigenvalue weighted by molar-refractivity contribution is -0.123. The molecule has 7 heteroatoms. The first-order chi connectivity index (χ1) is 12.5. The van der Waals surface area contributed by atoms with Crippen molar-refractivity contribution in [1.29, 1.82) is 0 Å². The van der Waals surface area contributed by atoms with Gasteiger partial charge in [0, 0.05) is 34.2 Å². The standard InChI is InChI=1S/C19H17BrClN3O2/c1-12-15(14-5-3-4-6-17(14)24(12)2)10-22-23-19(25)11-26-18-8-7-13(21)9-16(18)20/h3-10H,11H2,1-2H3,(H,23,25)/b22-10-. The zero-order chi connectivity index (χ0) is 18.7. The van der Waals surface area contributed by atoms with Crippen LogP contribution in [0.15, 0.2) is 52.0 Å². The average Bonchev–Trinajstić information content (AvgIpc) is 2.86. The van der Waals surface area contributed by atoms with E-state index in [4.69, 9.17) is 16.3 Å². The summed E-state index contributed by atoms with van der Waals surface area (Å²) in [7, 11) is 2.01. The lowest BCUT2D eigenvalue weighted by atomic mass is 10.1. The fourth-order valence-electron chi connectivity index (χ4n) is 2.65. The van der Waals surface area contributed by atoms with Gasteiger partial charge in [-0.25, -0.2) is 5.43 Å². The van der Waals surface area contributed by atoms with Crippen LogP contribution in [0.5, 0.6) is 5.75 Å².